The molecule has 1 aromatic heterocycles. The second-order valence-corrected chi connectivity index (χ2v) is 4.94. The first-order valence-corrected chi connectivity index (χ1v) is 6.41. The standard InChI is InChI=1S/C13H15N3S/c1-9-4-3-5-11(6-9)8-17-13-15-10(2)7-12(14)16-13/h3-7H,8H2,1-2H3,(H2,14,15,16). The first-order chi connectivity index (χ1) is 8.13. The third kappa shape index (κ3) is 3.46. The molecule has 0 atom stereocenters. The van der Waals surface area contributed by atoms with Gasteiger partial charge in [0.15, 0.2) is 5.16 Å². The summed E-state index contributed by atoms with van der Waals surface area (Å²) in [5.41, 5.74) is 9.14. The smallest absolute Gasteiger partial charge is 0.190 e. The van der Waals surface area contributed by atoms with Crippen LogP contribution in [-0.4, -0.2) is 9.97 Å². The van der Waals surface area contributed by atoms with Gasteiger partial charge in [-0.05, 0) is 19.4 Å². The second-order valence-electron chi connectivity index (χ2n) is 3.99. The molecule has 1 aromatic carbocycles. The number of aryl methyl sites for hydroxylation is 2. The van der Waals surface area contributed by atoms with Gasteiger partial charge in [0.25, 0.3) is 0 Å². The quantitative estimate of drug-likeness (QED) is 0.667. The van der Waals surface area contributed by atoms with Gasteiger partial charge in [-0.3, -0.25) is 0 Å². The van der Waals surface area contributed by atoms with Crippen LogP contribution in [0.1, 0.15) is 16.8 Å². The highest BCUT2D eigenvalue weighted by atomic mass is 32.2. The number of nitrogens with zero attached hydrogens (tertiary/aromatic N) is 2. The molecule has 0 aliphatic carbocycles. The molecular formula is C13H15N3S. The van der Waals surface area contributed by atoms with Gasteiger partial charge >= 0.3 is 0 Å². The molecule has 88 valence electrons. The highest BCUT2D eigenvalue weighted by Crippen LogP contribution is 2.20. The minimum absolute atomic E-state index is 0.532. The van der Waals surface area contributed by atoms with Crippen molar-refractivity contribution in [2.24, 2.45) is 0 Å². The van der Waals surface area contributed by atoms with E-state index in [4.69, 9.17) is 5.73 Å². The van der Waals surface area contributed by atoms with Crippen molar-refractivity contribution in [2.75, 3.05) is 5.73 Å². The van der Waals surface area contributed by atoms with Crippen molar-refractivity contribution < 1.29 is 0 Å². The normalized spacial score (nSPS) is 10.5. The van der Waals surface area contributed by atoms with Crippen LogP contribution >= 0.6 is 11.8 Å². The lowest BCUT2D eigenvalue weighted by atomic mass is 10.2. The Labute approximate surface area is 105 Å². The fourth-order valence-electron chi connectivity index (χ4n) is 1.58. The lowest BCUT2D eigenvalue weighted by Gasteiger charge is -2.03. The van der Waals surface area contributed by atoms with Crippen molar-refractivity contribution >= 4 is 17.6 Å². The Balaban J connectivity index is 2.07. The van der Waals surface area contributed by atoms with E-state index in [1.54, 1.807) is 17.8 Å². The highest BCUT2D eigenvalue weighted by Gasteiger charge is 2.02. The first kappa shape index (κ1) is 11.9. The van der Waals surface area contributed by atoms with E-state index in [9.17, 15) is 0 Å². The SMILES string of the molecule is Cc1cccc(CSc2nc(C)cc(N)n2)c1. The predicted octanol–water partition coefficient (Wildman–Crippen LogP) is 2.97. The predicted molar refractivity (Wildman–Crippen MR) is 71.9 cm³/mol. The van der Waals surface area contributed by atoms with E-state index in [1.165, 1.54) is 11.1 Å². The molecule has 2 aromatic rings. The number of nitrogen functional groups attached to an aromatic ring is 1. The van der Waals surface area contributed by atoms with E-state index < -0.39 is 0 Å². The van der Waals surface area contributed by atoms with E-state index in [1.807, 2.05) is 6.92 Å². The van der Waals surface area contributed by atoms with Crippen molar-refractivity contribution in [3.63, 3.8) is 0 Å². The number of anilines is 1. The van der Waals surface area contributed by atoms with Gasteiger partial charge in [-0.1, -0.05) is 41.6 Å². The number of hydrogen-bond acceptors (Lipinski definition) is 4. The van der Waals surface area contributed by atoms with Crippen LogP contribution in [0.3, 0.4) is 0 Å². The van der Waals surface area contributed by atoms with Gasteiger partial charge in [0.1, 0.15) is 5.82 Å². The molecule has 0 fully saturated rings. The number of thioether (sulfide) groups is 1. The highest BCUT2D eigenvalue weighted by molar-refractivity contribution is 7.98. The third-order valence-corrected chi connectivity index (χ3v) is 3.22. The molecule has 17 heavy (non-hydrogen) atoms. The summed E-state index contributed by atoms with van der Waals surface area (Å²) in [7, 11) is 0. The first-order valence-electron chi connectivity index (χ1n) is 5.43. The summed E-state index contributed by atoms with van der Waals surface area (Å²) in [4.78, 5) is 8.54. The summed E-state index contributed by atoms with van der Waals surface area (Å²) in [5, 5.41) is 0.740. The maximum atomic E-state index is 5.69. The summed E-state index contributed by atoms with van der Waals surface area (Å²) in [5.74, 6) is 1.40. The molecule has 0 spiro atoms. The van der Waals surface area contributed by atoms with Crippen molar-refractivity contribution in [3.05, 3.63) is 47.2 Å². The Kier molecular flexibility index (Phi) is 3.64. The fraction of sp³-hybridized carbons (Fsp3) is 0.231. The molecule has 0 unspecified atom stereocenters. The van der Waals surface area contributed by atoms with Crippen LogP contribution in [0.5, 0.6) is 0 Å². The van der Waals surface area contributed by atoms with E-state index in [0.29, 0.717) is 5.82 Å². The zero-order valence-corrected chi connectivity index (χ0v) is 10.8. The molecule has 0 saturated heterocycles. The molecule has 4 heteroatoms. The van der Waals surface area contributed by atoms with Gasteiger partial charge in [0, 0.05) is 17.5 Å². The van der Waals surface area contributed by atoms with Gasteiger partial charge in [0.2, 0.25) is 0 Å². The summed E-state index contributed by atoms with van der Waals surface area (Å²) >= 11 is 1.61. The van der Waals surface area contributed by atoms with Gasteiger partial charge in [-0.2, -0.15) is 0 Å². The van der Waals surface area contributed by atoms with Crippen molar-refractivity contribution in [3.8, 4) is 0 Å². The maximum absolute atomic E-state index is 5.69. The molecule has 0 aliphatic rings. The Morgan fingerprint density at radius 1 is 1.18 bits per heavy atom. The Bertz CT molecular complexity index is 506. The van der Waals surface area contributed by atoms with Crippen LogP contribution in [-0.2, 0) is 5.75 Å². The minimum atomic E-state index is 0.532. The van der Waals surface area contributed by atoms with Crippen molar-refractivity contribution in [1.29, 1.82) is 0 Å². The van der Waals surface area contributed by atoms with E-state index >= 15 is 0 Å². The van der Waals surface area contributed by atoms with Crippen LogP contribution in [0.4, 0.5) is 5.82 Å². The van der Waals surface area contributed by atoms with E-state index in [-0.39, 0.29) is 0 Å². The number of benzene rings is 1. The number of nitrogens with two attached hydrogens (primary N) is 1. The monoisotopic (exact) mass is 245 g/mol. The minimum Gasteiger partial charge on any atom is -0.384 e. The third-order valence-electron chi connectivity index (χ3n) is 2.30. The molecule has 2 rings (SSSR count). The average Bonchev–Trinajstić information content (AvgIpc) is 2.25. The Morgan fingerprint density at radius 3 is 2.71 bits per heavy atom. The lowest BCUT2D eigenvalue weighted by molar-refractivity contribution is 0.940. The Hall–Kier alpha value is -1.55. The number of rotatable bonds is 3. The molecule has 1 heterocycles. The van der Waals surface area contributed by atoms with Gasteiger partial charge < -0.3 is 5.73 Å². The average molecular weight is 245 g/mol. The van der Waals surface area contributed by atoms with E-state index in [0.717, 1.165) is 16.6 Å². The number of hydrogen-bond donors (Lipinski definition) is 1. The van der Waals surface area contributed by atoms with Crippen LogP contribution < -0.4 is 5.73 Å². The maximum Gasteiger partial charge on any atom is 0.190 e. The molecule has 0 radical (unpaired) electrons. The molecule has 2 N–H and O–H groups in total. The van der Waals surface area contributed by atoms with Crippen LogP contribution in [0, 0.1) is 13.8 Å². The van der Waals surface area contributed by atoms with Crippen molar-refractivity contribution in [1.82, 2.24) is 9.97 Å². The zero-order valence-electron chi connectivity index (χ0n) is 9.97. The van der Waals surface area contributed by atoms with Crippen LogP contribution in [0.25, 0.3) is 0 Å². The number of aromatic nitrogens is 2. The summed E-state index contributed by atoms with van der Waals surface area (Å²) < 4.78 is 0. The fourth-order valence-corrected chi connectivity index (χ4v) is 2.43. The van der Waals surface area contributed by atoms with Crippen molar-refractivity contribution in [2.45, 2.75) is 24.8 Å². The van der Waals surface area contributed by atoms with Gasteiger partial charge in [0.05, 0.1) is 0 Å². The topological polar surface area (TPSA) is 51.8 Å². The van der Waals surface area contributed by atoms with Crippen LogP contribution in [0.2, 0.25) is 0 Å². The molecule has 3 nitrogen and oxygen atoms in total. The second kappa shape index (κ2) is 5.19. The van der Waals surface area contributed by atoms with Gasteiger partial charge in [-0.15, -0.1) is 0 Å². The largest absolute Gasteiger partial charge is 0.384 e. The van der Waals surface area contributed by atoms with E-state index in [2.05, 4.69) is 41.2 Å². The lowest BCUT2D eigenvalue weighted by Crippen LogP contribution is -1.96. The molecule has 0 saturated carbocycles. The summed E-state index contributed by atoms with van der Waals surface area (Å²) in [6.45, 7) is 4.02. The van der Waals surface area contributed by atoms with Gasteiger partial charge in [-0.25, -0.2) is 9.97 Å². The molecule has 0 bridgehead atoms. The molecule has 0 aliphatic heterocycles. The summed E-state index contributed by atoms with van der Waals surface area (Å²) in [6, 6.07) is 10.2. The molecular weight excluding hydrogens is 230 g/mol. The zero-order chi connectivity index (χ0) is 12.3. The summed E-state index contributed by atoms with van der Waals surface area (Å²) in [6.07, 6.45) is 0. The Morgan fingerprint density at radius 2 is 2.00 bits per heavy atom. The van der Waals surface area contributed by atoms with Crippen LogP contribution in [0.15, 0.2) is 35.5 Å². The molecule has 0 amide bonds.